The monoisotopic (exact) mass is 457 g/mol. The summed E-state index contributed by atoms with van der Waals surface area (Å²) in [6, 6.07) is 25.1. The molecule has 0 amide bonds. The van der Waals surface area contributed by atoms with Crippen LogP contribution in [-0.4, -0.2) is 11.1 Å². The number of unbranched alkanes of at least 4 members (excludes halogenated alkanes) is 6. The fraction of sp³-hybridized carbons (Fsp3) is 0.500. The molecule has 1 unspecified atom stereocenters. The maximum Gasteiger partial charge on any atom is 0.153 e. The predicted octanol–water partition coefficient (Wildman–Crippen LogP) is 9.60. The second-order valence-corrected chi connectivity index (χ2v) is 10.0. The molecule has 4 rings (SSSR count). The fourth-order valence-corrected chi connectivity index (χ4v) is 5.71. The molecule has 3 atom stereocenters. The normalized spacial score (nSPS) is 19.0. The van der Waals surface area contributed by atoms with Crippen molar-refractivity contribution in [1.29, 1.82) is 0 Å². The van der Waals surface area contributed by atoms with Gasteiger partial charge in [-0.05, 0) is 48.6 Å². The van der Waals surface area contributed by atoms with Crippen molar-refractivity contribution in [2.75, 3.05) is 0 Å². The van der Waals surface area contributed by atoms with Gasteiger partial charge in [-0.1, -0.05) is 119 Å². The van der Waals surface area contributed by atoms with Crippen LogP contribution in [0.2, 0.25) is 0 Å². The molecule has 34 heavy (non-hydrogen) atoms. The van der Waals surface area contributed by atoms with Crippen molar-refractivity contribution in [3.63, 3.8) is 0 Å². The van der Waals surface area contributed by atoms with Gasteiger partial charge in [0.2, 0.25) is 0 Å². The molecule has 1 aliphatic rings. The van der Waals surface area contributed by atoms with Crippen LogP contribution in [0.5, 0.6) is 5.75 Å². The number of ether oxygens (including phenoxy) is 1. The van der Waals surface area contributed by atoms with Crippen molar-refractivity contribution in [1.82, 2.24) is 4.90 Å². The Morgan fingerprint density at radius 3 is 2.15 bits per heavy atom. The van der Waals surface area contributed by atoms with Gasteiger partial charge in [0.15, 0.2) is 6.23 Å². The van der Waals surface area contributed by atoms with Gasteiger partial charge in [0.1, 0.15) is 5.75 Å². The van der Waals surface area contributed by atoms with Crippen LogP contribution in [0.15, 0.2) is 66.7 Å². The van der Waals surface area contributed by atoms with E-state index in [-0.39, 0.29) is 6.23 Å². The first kappa shape index (κ1) is 24.8. The fourth-order valence-electron chi connectivity index (χ4n) is 5.71. The van der Waals surface area contributed by atoms with Crippen LogP contribution < -0.4 is 4.74 Å². The van der Waals surface area contributed by atoms with Crippen molar-refractivity contribution in [3.8, 4) is 5.75 Å². The van der Waals surface area contributed by atoms with E-state index in [9.17, 15) is 0 Å². The Hall–Kier alpha value is -2.32. The molecular formula is C32H43NO. The van der Waals surface area contributed by atoms with Crippen molar-refractivity contribution in [2.45, 2.75) is 103 Å². The summed E-state index contributed by atoms with van der Waals surface area (Å²) in [6.45, 7) is 6.97. The molecule has 182 valence electrons. The van der Waals surface area contributed by atoms with Crippen molar-refractivity contribution in [2.24, 2.45) is 0 Å². The number of hydrogen-bond donors (Lipinski definition) is 0. The minimum Gasteiger partial charge on any atom is -0.475 e. The zero-order chi connectivity index (χ0) is 23.8. The maximum absolute atomic E-state index is 6.86. The average Bonchev–Trinajstić information content (AvgIpc) is 2.88. The minimum atomic E-state index is 0.122. The Balaban J connectivity index is 1.75. The van der Waals surface area contributed by atoms with Gasteiger partial charge < -0.3 is 4.74 Å². The van der Waals surface area contributed by atoms with Gasteiger partial charge in [-0.25, -0.2) is 0 Å². The number of benzene rings is 3. The molecular weight excluding hydrogens is 414 g/mol. The lowest BCUT2D eigenvalue weighted by molar-refractivity contribution is -0.0625. The largest absolute Gasteiger partial charge is 0.475 e. The third-order valence-electron chi connectivity index (χ3n) is 7.58. The maximum atomic E-state index is 6.86. The third-order valence-corrected chi connectivity index (χ3v) is 7.58. The first-order valence-electron chi connectivity index (χ1n) is 13.7. The van der Waals surface area contributed by atoms with Crippen LogP contribution in [0.25, 0.3) is 10.8 Å². The minimum absolute atomic E-state index is 0.122. The second-order valence-electron chi connectivity index (χ2n) is 10.0. The molecule has 3 aromatic rings. The highest BCUT2D eigenvalue weighted by Gasteiger charge is 2.39. The van der Waals surface area contributed by atoms with Gasteiger partial charge in [0.05, 0.1) is 0 Å². The lowest BCUT2D eigenvalue weighted by atomic mass is 9.89. The van der Waals surface area contributed by atoms with E-state index in [0.717, 1.165) is 12.2 Å². The quantitative estimate of drug-likeness (QED) is 0.251. The molecule has 2 nitrogen and oxygen atoms in total. The summed E-state index contributed by atoms with van der Waals surface area (Å²) in [7, 11) is 0. The average molecular weight is 458 g/mol. The van der Waals surface area contributed by atoms with E-state index in [1.807, 2.05) is 0 Å². The molecule has 1 heterocycles. The zero-order valence-corrected chi connectivity index (χ0v) is 21.5. The predicted molar refractivity (Wildman–Crippen MR) is 145 cm³/mol. The van der Waals surface area contributed by atoms with Gasteiger partial charge in [-0.2, -0.15) is 0 Å². The molecule has 0 N–H and O–H groups in total. The molecule has 0 bridgehead atoms. The topological polar surface area (TPSA) is 12.5 Å². The number of hydrogen-bond acceptors (Lipinski definition) is 2. The van der Waals surface area contributed by atoms with Gasteiger partial charge in [-0.3, -0.25) is 4.90 Å². The molecule has 0 spiro atoms. The van der Waals surface area contributed by atoms with Crippen molar-refractivity contribution < 1.29 is 4.74 Å². The van der Waals surface area contributed by atoms with Crippen LogP contribution in [0.3, 0.4) is 0 Å². The first-order valence-corrected chi connectivity index (χ1v) is 13.7. The van der Waals surface area contributed by atoms with E-state index in [1.165, 1.54) is 79.7 Å². The number of fused-ring (bicyclic) bond motifs is 3. The smallest absolute Gasteiger partial charge is 0.153 e. The summed E-state index contributed by atoms with van der Waals surface area (Å²) in [5.41, 5.74) is 2.79. The lowest BCUT2D eigenvalue weighted by Gasteiger charge is -2.47. The van der Waals surface area contributed by atoms with E-state index in [2.05, 4.69) is 92.4 Å². The Labute approximate surface area is 207 Å². The molecule has 0 aliphatic carbocycles. The third kappa shape index (κ3) is 5.66. The number of rotatable bonds is 12. The van der Waals surface area contributed by atoms with Gasteiger partial charge in [0.25, 0.3) is 0 Å². The SMILES string of the molecule is CCCCCCC1Oc2ccc3ccccc3c2[C@@H](CCCCCC)N1[C@H](C)c1ccccc1. The van der Waals surface area contributed by atoms with Crippen LogP contribution in [0.1, 0.15) is 108 Å². The second kappa shape index (κ2) is 12.4. The van der Waals surface area contributed by atoms with E-state index in [0.29, 0.717) is 12.1 Å². The van der Waals surface area contributed by atoms with Gasteiger partial charge in [0, 0.05) is 17.6 Å². The van der Waals surface area contributed by atoms with Crippen LogP contribution in [-0.2, 0) is 0 Å². The first-order chi connectivity index (χ1) is 16.7. The van der Waals surface area contributed by atoms with E-state index < -0.39 is 0 Å². The highest BCUT2D eigenvalue weighted by molar-refractivity contribution is 5.88. The standard InChI is InChI=1S/C32H43NO/c1-4-6-8-13-21-29-32-28-20-16-15-19-27(28)23-24-30(32)34-31(22-14-9-7-5-2)33(29)25(3)26-17-11-10-12-18-26/h10-12,15-20,23-25,29,31H,4-9,13-14,21-22H2,1-3H3/t25-,29-,31?/m1/s1. The van der Waals surface area contributed by atoms with Crippen LogP contribution >= 0.6 is 0 Å². The van der Waals surface area contributed by atoms with Crippen molar-refractivity contribution in [3.05, 3.63) is 77.9 Å². The Morgan fingerprint density at radius 1 is 0.735 bits per heavy atom. The van der Waals surface area contributed by atoms with Gasteiger partial charge in [-0.15, -0.1) is 0 Å². The summed E-state index contributed by atoms with van der Waals surface area (Å²) in [5, 5.41) is 2.67. The Morgan fingerprint density at radius 2 is 1.41 bits per heavy atom. The Kier molecular flexibility index (Phi) is 9.04. The van der Waals surface area contributed by atoms with Crippen molar-refractivity contribution >= 4 is 10.8 Å². The summed E-state index contributed by atoms with van der Waals surface area (Å²) >= 11 is 0. The van der Waals surface area contributed by atoms with E-state index >= 15 is 0 Å². The molecule has 0 saturated carbocycles. The summed E-state index contributed by atoms with van der Waals surface area (Å²) in [5.74, 6) is 1.11. The molecule has 0 radical (unpaired) electrons. The summed E-state index contributed by atoms with van der Waals surface area (Å²) in [6.07, 6.45) is 12.7. The molecule has 2 heteroatoms. The number of nitrogens with zero attached hydrogens (tertiary/aromatic N) is 1. The molecule has 0 saturated heterocycles. The molecule has 3 aromatic carbocycles. The van der Waals surface area contributed by atoms with Gasteiger partial charge >= 0.3 is 0 Å². The highest BCUT2D eigenvalue weighted by Crippen LogP contribution is 2.47. The lowest BCUT2D eigenvalue weighted by Crippen LogP contribution is -2.47. The molecule has 0 aromatic heterocycles. The van der Waals surface area contributed by atoms with Crippen LogP contribution in [0, 0.1) is 0 Å². The molecule has 0 fully saturated rings. The summed E-state index contributed by atoms with van der Waals surface area (Å²) in [4.78, 5) is 2.72. The van der Waals surface area contributed by atoms with Crippen LogP contribution in [0.4, 0.5) is 0 Å². The summed E-state index contributed by atoms with van der Waals surface area (Å²) < 4.78 is 6.86. The van der Waals surface area contributed by atoms with E-state index in [4.69, 9.17) is 4.74 Å². The highest BCUT2D eigenvalue weighted by atomic mass is 16.5. The zero-order valence-electron chi connectivity index (χ0n) is 21.5. The van der Waals surface area contributed by atoms with E-state index in [1.54, 1.807) is 0 Å². The Bertz CT molecular complexity index is 1010. The molecule has 1 aliphatic heterocycles.